The van der Waals surface area contributed by atoms with Gasteiger partial charge in [0.05, 0.1) is 18.2 Å². The lowest BCUT2D eigenvalue weighted by atomic mass is 9.94. The maximum atomic E-state index is 12.3. The van der Waals surface area contributed by atoms with Gasteiger partial charge < -0.3 is 15.0 Å². The summed E-state index contributed by atoms with van der Waals surface area (Å²) in [6.07, 6.45) is 4.89. The molecule has 3 atom stereocenters. The zero-order valence-electron chi connectivity index (χ0n) is 10.9. The molecule has 100 valence electrons. The average Bonchev–Trinajstić information content (AvgIpc) is 2.90. The van der Waals surface area contributed by atoms with Gasteiger partial charge in [0.1, 0.15) is 5.41 Å². The topological polar surface area (TPSA) is 58.6 Å². The van der Waals surface area contributed by atoms with E-state index >= 15 is 0 Å². The number of rotatable bonds is 3. The summed E-state index contributed by atoms with van der Waals surface area (Å²) in [5.41, 5.74) is -0.772. The maximum Gasteiger partial charge on any atom is 0.237 e. The van der Waals surface area contributed by atoms with E-state index in [0.29, 0.717) is 18.9 Å². The van der Waals surface area contributed by atoms with E-state index in [-0.39, 0.29) is 24.0 Å². The molecule has 0 aromatic rings. The Morgan fingerprint density at radius 3 is 2.44 bits per heavy atom. The summed E-state index contributed by atoms with van der Waals surface area (Å²) in [6, 6.07) is 0.115. The van der Waals surface area contributed by atoms with E-state index in [1.54, 1.807) is 14.1 Å². The van der Waals surface area contributed by atoms with Gasteiger partial charge in [-0.05, 0) is 32.1 Å². The van der Waals surface area contributed by atoms with E-state index in [9.17, 15) is 9.59 Å². The fourth-order valence-electron chi connectivity index (χ4n) is 3.19. The van der Waals surface area contributed by atoms with Crippen molar-refractivity contribution >= 4 is 11.8 Å². The molecule has 2 heterocycles. The predicted molar refractivity (Wildman–Crippen MR) is 64.8 cm³/mol. The molecule has 18 heavy (non-hydrogen) atoms. The number of hydrogen-bond donors (Lipinski definition) is 1. The van der Waals surface area contributed by atoms with Crippen molar-refractivity contribution < 1.29 is 14.3 Å². The highest BCUT2D eigenvalue weighted by Gasteiger charge is 2.58. The van der Waals surface area contributed by atoms with Crippen LogP contribution in [0, 0.1) is 5.41 Å². The summed E-state index contributed by atoms with van der Waals surface area (Å²) in [5, 5.41) is 3.04. The molecule has 5 nitrogen and oxygen atoms in total. The van der Waals surface area contributed by atoms with Crippen LogP contribution in [0.3, 0.4) is 0 Å². The van der Waals surface area contributed by atoms with Gasteiger partial charge in [0, 0.05) is 14.1 Å². The molecule has 0 spiro atoms. The van der Waals surface area contributed by atoms with Gasteiger partial charge in [-0.25, -0.2) is 0 Å². The number of ether oxygens (including phenoxy) is 1. The van der Waals surface area contributed by atoms with Crippen LogP contribution in [0.25, 0.3) is 0 Å². The zero-order valence-corrected chi connectivity index (χ0v) is 10.9. The number of nitrogens with zero attached hydrogens (tertiary/aromatic N) is 1. The van der Waals surface area contributed by atoms with E-state index in [2.05, 4.69) is 5.32 Å². The van der Waals surface area contributed by atoms with Crippen molar-refractivity contribution in [1.29, 1.82) is 0 Å². The molecule has 2 saturated heterocycles. The van der Waals surface area contributed by atoms with Crippen LogP contribution >= 0.6 is 0 Å². The Labute approximate surface area is 107 Å². The van der Waals surface area contributed by atoms with Crippen molar-refractivity contribution in [2.24, 2.45) is 5.41 Å². The number of carbonyl (C=O) groups excluding carboxylic acids is 2. The molecule has 3 fully saturated rings. The van der Waals surface area contributed by atoms with Crippen LogP contribution in [0.15, 0.2) is 0 Å². The summed E-state index contributed by atoms with van der Waals surface area (Å²) in [5.74, 6) is -0.161. The Hall–Kier alpha value is -1.10. The molecule has 5 heteroatoms. The molecule has 2 aliphatic heterocycles. The fourth-order valence-corrected chi connectivity index (χ4v) is 3.19. The molecule has 1 aliphatic carbocycles. The molecule has 2 bridgehead atoms. The van der Waals surface area contributed by atoms with Crippen molar-refractivity contribution in [1.82, 2.24) is 10.2 Å². The Bertz CT molecular complexity index is 390. The highest BCUT2D eigenvalue weighted by atomic mass is 16.5. The predicted octanol–water partition coefficient (Wildman–Crippen LogP) is 0.291. The standard InChI is InChI=1S/C13H20N2O3/c1-15(2)12(17)13(5-6-13)11(16)14-9-7-8-3-4-10(9)18-8/h8-10H,3-7H2,1-2H3,(H,14,16). The third kappa shape index (κ3) is 1.72. The molecule has 3 aliphatic rings. The van der Waals surface area contributed by atoms with E-state index < -0.39 is 5.41 Å². The van der Waals surface area contributed by atoms with Crippen molar-refractivity contribution in [2.45, 2.75) is 50.4 Å². The highest BCUT2D eigenvalue weighted by Crippen LogP contribution is 2.47. The first-order valence-corrected chi connectivity index (χ1v) is 6.71. The zero-order chi connectivity index (χ0) is 12.9. The van der Waals surface area contributed by atoms with Gasteiger partial charge in [0.15, 0.2) is 0 Å². The van der Waals surface area contributed by atoms with Gasteiger partial charge >= 0.3 is 0 Å². The molecule has 3 rings (SSSR count). The van der Waals surface area contributed by atoms with Crippen LogP contribution in [0.1, 0.15) is 32.1 Å². The summed E-state index contributed by atoms with van der Waals surface area (Å²) in [6.45, 7) is 0. The molecule has 1 N–H and O–H groups in total. The number of fused-ring (bicyclic) bond motifs is 2. The molecule has 1 saturated carbocycles. The highest BCUT2D eigenvalue weighted by molar-refractivity contribution is 6.07. The third-order valence-electron chi connectivity index (χ3n) is 4.42. The van der Waals surface area contributed by atoms with Crippen LogP contribution in [0.4, 0.5) is 0 Å². The van der Waals surface area contributed by atoms with E-state index in [1.807, 2.05) is 0 Å². The summed E-state index contributed by atoms with van der Waals surface area (Å²) in [4.78, 5) is 25.8. The largest absolute Gasteiger partial charge is 0.373 e. The lowest BCUT2D eigenvalue weighted by Gasteiger charge is -2.24. The summed E-state index contributed by atoms with van der Waals surface area (Å²) < 4.78 is 5.72. The fraction of sp³-hybridized carbons (Fsp3) is 0.846. The first-order valence-electron chi connectivity index (χ1n) is 6.71. The first kappa shape index (κ1) is 12.0. The van der Waals surface area contributed by atoms with Crippen LogP contribution in [-0.2, 0) is 14.3 Å². The molecular formula is C13H20N2O3. The smallest absolute Gasteiger partial charge is 0.237 e. The van der Waals surface area contributed by atoms with Gasteiger partial charge in [-0.2, -0.15) is 0 Å². The maximum absolute atomic E-state index is 12.3. The average molecular weight is 252 g/mol. The molecular weight excluding hydrogens is 232 g/mol. The SMILES string of the molecule is CN(C)C(=O)C1(C(=O)NC2CC3CCC2O3)CC1. The first-order chi connectivity index (χ1) is 8.53. The van der Waals surface area contributed by atoms with Crippen molar-refractivity contribution in [3.05, 3.63) is 0 Å². The van der Waals surface area contributed by atoms with Crippen LogP contribution in [0.5, 0.6) is 0 Å². The monoisotopic (exact) mass is 252 g/mol. The minimum absolute atomic E-state index is 0.0657. The molecule has 0 aromatic heterocycles. The van der Waals surface area contributed by atoms with E-state index in [0.717, 1.165) is 19.3 Å². The Morgan fingerprint density at radius 1 is 1.28 bits per heavy atom. The Morgan fingerprint density at radius 2 is 2.00 bits per heavy atom. The minimum Gasteiger partial charge on any atom is -0.373 e. The second-order valence-electron chi connectivity index (χ2n) is 5.97. The van der Waals surface area contributed by atoms with Crippen LogP contribution in [-0.4, -0.2) is 49.1 Å². The van der Waals surface area contributed by atoms with Gasteiger partial charge in [-0.1, -0.05) is 0 Å². The number of nitrogens with one attached hydrogen (secondary N) is 1. The van der Waals surface area contributed by atoms with Crippen molar-refractivity contribution in [2.75, 3.05) is 14.1 Å². The summed E-state index contributed by atoms with van der Waals surface area (Å²) in [7, 11) is 3.41. The van der Waals surface area contributed by atoms with Crippen LogP contribution in [0.2, 0.25) is 0 Å². The molecule has 3 unspecified atom stereocenters. The molecule has 0 radical (unpaired) electrons. The number of hydrogen-bond acceptors (Lipinski definition) is 3. The van der Waals surface area contributed by atoms with Crippen LogP contribution < -0.4 is 5.32 Å². The quantitative estimate of drug-likeness (QED) is 0.735. The van der Waals surface area contributed by atoms with Gasteiger partial charge in [-0.3, -0.25) is 9.59 Å². The number of amides is 2. The Balaban J connectivity index is 1.64. The normalized spacial score (nSPS) is 35.3. The second kappa shape index (κ2) is 3.95. The second-order valence-corrected chi connectivity index (χ2v) is 5.97. The molecule has 2 amide bonds. The number of carbonyl (C=O) groups is 2. The summed E-state index contributed by atoms with van der Waals surface area (Å²) >= 11 is 0. The minimum atomic E-state index is -0.772. The van der Waals surface area contributed by atoms with Crippen molar-refractivity contribution in [3.8, 4) is 0 Å². The van der Waals surface area contributed by atoms with Crippen molar-refractivity contribution in [3.63, 3.8) is 0 Å². The van der Waals surface area contributed by atoms with E-state index in [1.165, 1.54) is 4.90 Å². The molecule has 0 aromatic carbocycles. The lowest BCUT2D eigenvalue weighted by Crippen LogP contribution is -2.49. The lowest BCUT2D eigenvalue weighted by molar-refractivity contribution is -0.142. The van der Waals surface area contributed by atoms with Gasteiger partial charge in [0.2, 0.25) is 11.8 Å². The van der Waals surface area contributed by atoms with Gasteiger partial charge in [0.25, 0.3) is 0 Å². The Kier molecular flexibility index (Phi) is 2.62. The van der Waals surface area contributed by atoms with Gasteiger partial charge in [-0.15, -0.1) is 0 Å². The van der Waals surface area contributed by atoms with E-state index in [4.69, 9.17) is 4.74 Å². The third-order valence-corrected chi connectivity index (χ3v) is 4.42.